The average Bonchev–Trinajstić information content (AvgIpc) is 2.97. The summed E-state index contributed by atoms with van der Waals surface area (Å²) in [5.41, 5.74) is 4.62. The molecule has 2 aliphatic rings. The van der Waals surface area contributed by atoms with Crippen molar-refractivity contribution in [1.82, 2.24) is 9.78 Å². The summed E-state index contributed by atoms with van der Waals surface area (Å²) in [6.07, 6.45) is 4.86. The molecule has 2 bridgehead atoms. The molecule has 0 aliphatic heterocycles. The highest BCUT2D eigenvalue weighted by atomic mass is 15.3. The van der Waals surface area contributed by atoms with Gasteiger partial charge in [0.05, 0.1) is 11.4 Å². The molecular formula is C17H20N2. The topological polar surface area (TPSA) is 17.8 Å². The molecule has 4 rings (SSSR count). The van der Waals surface area contributed by atoms with E-state index in [4.69, 9.17) is 5.10 Å². The van der Waals surface area contributed by atoms with E-state index in [2.05, 4.69) is 62.0 Å². The number of fused-ring (bicyclic) bond motifs is 5. The summed E-state index contributed by atoms with van der Waals surface area (Å²) in [4.78, 5) is 0. The standard InChI is InChI=1S/C17H20N2/c1-16(2)14-9-10-17(16,3)15-13(14)11-19(18-15)12-7-5-4-6-8-12/h4-8,11,14H,9-10H2,1-3H3/t14-,17+/m0/s1. The van der Waals surface area contributed by atoms with E-state index in [9.17, 15) is 0 Å². The molecule has 2 aromatic rings. The number of aromatic nitrogens is 2. The fourth-order valence-corrected chi connectivity index (χ4v) is 4.25. The molecule has 0 spiro atoms. The lowest BCUT2D eigenvalue weighted by molar-refractivity contribution is 0.224. The van der Waals surface area contributed by atoms with Crippen molar-refractivity contribution in [1.29, 1.82) is 0 Å². The zero-order valence-electron chi connectivity index (χ0n) is 11.9. The summed E-state index contributed by atoms with van der Waals surface area (Å²) in [5.74, 6) is 0.685. The van der Waals surface area contributed by atoms with Gasteiger partial charge in [-0.1, -0.05) is 39.0 Å². The number of hydrogen-bond acceptors (Lipinski definition) is 1. The van der Waals surface area contributed by atoms with Crippen LogP contribution < -0.4 is 0 Å². The molecule has 1 aromatic carbocycles. The van der Waals surface area contributed by atoms with Gasteiger partial charge < -0.3 is 0 Å². The second kappa shape index (κ2) is 3.30. The quantitative estimate of drug-likeness (QED) is 0.748. The Hall–Kier alpha value is -1.57. The van der Waals surface area contributed by atoms with Crippen LogP contribution in [0.5, 0.6) is 0 Å². The lowest BCUT2D eigenvalue weighted by atomic mass is 9.70. The van der Waals surface area contributed by atoms with E-state index in [0.29, 0.717) is 11.3 Å². The molecule has 0 unspecified atom stereocenters. The highest BCUT2D eigenvalue weighted by molar-refractivity contribution is 5.46. The Morgan fingerprint density at radius 1 is 1.16 bits per heavy atom. The van der Waals surface area contributed by atoms with Crippen molar-refractivity contribution < 1.29 is 0 Å². The predicted molar refractivity (Wildman–Crippen MR) is 76.7 cm³/mol. The van der Waals surface area contributed by atoms with Gasteiger partial charge in [-0.25, -0.2) is 4.68 Å². The van der Waals surface area contributed by atoms with Crippen LogP contribution in [0.1, 0.15) is 50.8 Å². The molecule has 0 amide bonds. The monoisotopic (exact) mass is 252 g/mol. The second-order valence-corrected chi connectivity index (χ2v) is 6.86. The molecule has 0 saturated heterocycles. The number of benzene rings is 1. The van der Waals surface area contributed by atoms with E-state index in [0.717, 1.165) is 5.69 Å². The van der Waals surface area contributed by atoms with Crippen LogP contribution in [-0.2, 0) is 5.41 Å². The normalized spacial score (nSPS) is 30.6. The maximum absolute atomic E-state index is 4.93. The predicted octanol–water partition coefficient (Wildman–Crippen LogP) is 4.05. The number of hydrogen-bond donors (Lipinski definition) is 0. The summed E-state index contributed by atoms with van der Waals surface area (Å²) >= 11 is 0. The molecule has 2 nitrogen and oxygen atoms in total. The largest absolute Gasteiger partial charge is 0.240 e. The SMILES string of the molecule is CC1(C)[C@H]2CC[C@]1(C)c1nn(-c3ccccc3)cc12. The summed E-state index contributed by atoms with van der Waals surface area (Å²) in [6.45, 7) is 7.24. The summed E-state index contributed by atoms with van der Waals surface area (Å²) < 4.78 is 2.07. The van der Waals surface area contributed by atoms with Gasteiger partial charge in [0.25, 0.3) is 0 Å². The van der Waals surface area contributed by atoms with Gasteiger partial charge in [-0.05, 0) is 41.9 Å². The molecule has 2 heteroatoms. The first-order valence-electron chi connectivity index (χ1n) is 7.19. The van der Waals surface area contributed by atoms with Crippen LogP contribution in [0.4, 0.5) is 0 Å². The van der Waals surface area contributed by atoms with Gasteiger partial charge in [0.1, 0.15) is 0 Å². The van der Waals surface area contributed by atoms with Crippen molar-refractivity contribution in [3.8, 4) is 5.69 Å². The summed E-state index contributed by atoms with van der Waals surface area (Å²) in [6, 6.07) is 10.4. The van der Waals surface area contributed by atoms with E-state index >= 15 is 0 Å². The highest BCUT2D eigenvalue weighted by Crippen LogP contribution is 2.67. The molecule has 0 radical (unpaired) electrons. The smallest absolute Gasteiger partial charge is 0.0728 e. The number of rotatable bonds is 1. The van der Waals surface area contributed by atoms with Gasteiger partial charge in [-0.3, -0.25) is 0 Å². The van der Waals surface area contributed by atoms with E-state index in [1.54, 1.807) is 0 Å². The van der Waals surface area contributed by atoms with Crippen LogP contribution in [0.25, 0.3) is 5.69 Å². The molecule has 1 aromatic heterocycles. The number of nitrogens with zero attached hydrogens (tertiary/aromatic N) is 2. The summed E-state index contributed by atoms with van der Waals surface area (Å²) in [5, 5.41) is 4.93. The number of para-hydroxylation sites is 1. The van der Waals surface area contributed by atoms with Crippen LogP contribution in [0.2, 0.25) is 0 Å². The van der Waals surface area contributed by atoms with E-state index in [-0.39, 0.29) is 5.41 Å². The minimum absolute atomic E-state index is 0.257. The van der Waals surface area contributed by atoms with Crippen LogP contribution in [0.3, 0.4) is 0 Å². The molecule has 2 aliphatic carbocycles. The highest BCUT2D eigenvalue weighted by Gasteiger charge is 2.61. The lowest BCUT2D eigenvalue weighted by Crippen LogP contribution is -2.32. The molecule has 0 N–H and O–H groups in total. The zero-order valence-corrected chi connectivity index (χ0v) is 11.9. The van der Waals surface area contributed by atoms with Gasteiger partial charge in [-0.15, -0.1) is 0 Å². The van der Waals surface area contributed by atoms with E-state index in [1.165, 1.54) is 24.1 Å². The van der Waals surface area contributed by atoms with Crippen molar-refractivity contribution in [2.45, 2.75) is 44.9 Å². The third-order valence-electron chi connectivity index (χ3n) is 5.89. The second-order valence-electron chi connectivity index (χ2n) is 6.86. The van der Waals surface area contributed by atoms with E-state index in [1.807, 2.05) is 0 Å². The Kier molecular flexibility index (Phi) is 1.96. The Labute approximate surface area is 114 Å². The third kappa shape index (κ3) is 1.20. The van der Waals surface area contributed by atoms with Crippen LogP contribution in [0, 0.1) is 5.41 Å². The third-order valence-corrected chi connectivity index (χ3v) is 5.89. The minimum atomic E-state index is 0.257. The maximum Gasteiger partial charge on any atom is 0.0728 e. The van der Waals surface area contributed by atoms with Gasteiger partial charge in [0.2, 0.25) is 0 Å². The van der Waals surface area contributed by atoms with Crippen molar-refractivity contribution in [2.75, 3.05) is 0 Å². The Morgan fingerprint density at radius 2 is 1.89 bits per heavy atom. The van der Waals surface area contributed by atoms with Crippen molar-refractivity contribution >= 4 is 0 Å². The van der Waals surface area contributed by atoms with Crippen molar-refractivity contribution in [3.63, 3.8) is 0 Å². The molecule has 2 atom stereocenters. The van der Waals surface area contributed by atoms with Crippen LogP contribution >= 0.6 is 0 Å². The molecule has 19 heavy (non-hydrogen) atoms. The zero-order chi connectivity index (χ0) is 13.3. The summed E-state index contributed by atoms with van der Waals surface area (Å²) in [7, 11) is 0. The Bertz CT molecular complexity index is 639. The average molecular weight is 252 g/mol. The van der Waals surface area contributed by atoms with Crippen LogP contribution in [0.15, 0.2) is 36.5 Å². The fourth-order valence-electron chi connectivity index (χ4n) is 4.25. The molecule has 1 saturated carbocycles. The van der Waals surface area contributed by atoms with Gasteiger partial charge in [0.15, 0.2) is 0 Å². The molecular weight excluding hydrogens is 232 g/mol. The first-order valence-corrected chi connectivity index (χ1v) is 7.19. The fraction of sp³-hybridized carbons (Fsp3) is 0.471. The van der Waals surface area contributed by atoms with Crippen LogP contribution in [-0.4, -0.2) is 9.78 Å². The van der Waals surface area contributed by atoms with E-state index < -0.39 is 0 Å². The van der Waals surface area contributed by atoms with Gasteiger partial charge in [-0.2, -0.15) is 5.10 Å². The maximum atomic E-state index is 4.93. The van der Waals surface area contributed by atoms with Crippen molar-refractivity contribution in [2.24, 2.45) is 5.41 Å². The van der Waals surface area contributed by atoms with Gasteiger partial charge >= 0.3 is 0 Å². The lowest BCUT2D eigenvalue weighted by Gasteiger charge is -2.34. The first kappa shape index (κ1) is 11.3. The first-order chi connectivity index (χ1) is 9.04. The van der Waals surface area contributed by atoms with Gasteiger partial charge in [0, 0.05) is 11.6 Å². The Balaban J connectivity index is 1.88. The van der Waals surface area contributed by atoms with Crippen molar-refractivity contribution in [3.05, 3.63) is 47.8 Å². The Morgan fingerprint density at radius 3 is 2.58 bits per heavy atom. The molecule has 1 fully saturated rings. The molecule has 98 valence electrons. The minimum Gasteiger partial charge on any atom is -0.240 e. The molecule has 1 heterocycles.